The van der Waals surface area contributed by atoms with Gasteiger partial charge in [0.2, 0.25) is 0 Å². The van der Waals surface area contributed by atoms with E-state index in [0.29, 0.717) is 37.9 Å². The topological polar surface area (TPSA) is 100 Å². The molecule has 4 aromatic rings. The van der Waals surface area contributed by atoms with Gasteiger partial charge in [-0.3, -0.25) is 14.2 Å². The summed E-state index contributed by atoms with van der Waals surface area (Å²) in [6, 6.07) is 17.3. The van der Waals surface area contributed by atoms with Crippen molar-refractivity contribution in [1.82, 2.24) is 4.57 Å². The lowest BCUT2D eigenvalue weighted by Gasteiger charge is -2.24. The van der Waals surface area contributed by atoms with Gasteiger partial charge in [-0.05, 0) is 55.8 Å². The minimum Gasteiger partial charge on any atom is -0.463 e. The van der Waals surface area contributed by atoms with Gasteiger partial charge in [-0.25, -0.2) is 9.79 Å². The summed E-state index contributed by atoms with van der Waals surface area (Å²) in [6.07, 6.45) is 1.68. The second-order valence-corrected chi connectivity index (χ2v) is 10.6. The summed E-state index contributed by atoms with van der Waals surface area (Å²) < 4.78 is 19.3. The highest BCUT2D eigenvalue weighted by molar-refractivity contribution is 9.10. The molecule has 39 heavy (non-hydrogen) atoms. The first kappa shape index (κ1) is 26.6. The van der Waals surface area contributed by atoms with Gasteiger partial charge >= 0.3 is 11.9 Å². The number of aromatic nitrogens is 1. The molecule has 198 valence electrons. The Morgan fingerprint density at radius 3 is 2.49 bits per heavy atom. The van der Waals surface area contributed by atoms with E-state index in [-0.39, 0.29) is 17.7 Å². The van der Waals surface area contributed by atoms with Gasteiger partial charge in [-0.1, -0.05) is 51.5 Å². The van der Waals surface area contributed by atoms with Crippen LogP contribution in [0.2, 0.25) is 0 Å². The molecule has 1 atom stereocenters. The molecular weight excluding hydrogens is 584 g/mol. The van der Waals surface area contributed by atoms with Crippen molar-refractivity contribution < 1.29 is 23.5 Å². The van der Waals surface area contributed by atoms with E-state index in [1.165, 1.54) is 22.8 Å². The minimum absolute atomic E-state index is 0.178. The molecule has 8 nitrogen and oxygen atoms in total. The monoisotopic (exact) mass is 606 g/mol. The van der Waals surface area contributed by atoms with E-state index in [1.54, 1.807) is 50.3 Å². The normalized spacial score (nSPS) is 15.1. The molecule has 1 aliphatic heterocycles. The molecule has 0 unspecified atom stereocenters. The molecule has 0 amide bonds. The zero-order valence-corrected chi connectivity index (χ0v) is 23.7. The molecule has 1 aliphatic rings. The Morgan fingerprint density at radius 1 is 1.10 bits per heavy atom. The summed E-state index contributed by atoms with van der Waals surface area (Å²) in [4.78, 5) is 43.2. The predicted octanol–water partition coefficient (Wildman–Crippen LogP) is 4.75. The highest BCUT2D eigenvalue weighted by atomic mass is 79.9. The number of rotatable bonds is 6. The Kier molecular flexibility index (Phi) is 7.49. The van der Waals surface area contributed by atoms with E-state index in [0.717, 1.165) is 10.0 Å². The number of benzene rings is 2. The number of carbonyl (C=O) groups excluding carboxylic acids is 2. The molecule has 0 spiro atoms. The summed E-state index contributed by atoms with van der Waals surface area (Å²) in [5.74, 6) is 0.554. The third kappa shape index (κ3) is 5.43. The number of esters is 2. The second-order valence-electron chi connectivity index (χ2n) is 8.67. The average molecular weight is 607 g/mol. The van der Waals surface area contributed by atoms with Crippen LogP contribution in [0, 0.1) is 0 Å². The number of fused-ring (bicyclic) bond motifs is 1. The van der Waals surface area contributed by atoms with Crippen LogP contribution in [-0.2, 0) is 14.3 Å². The number of nitrogens with zero attached hydrogens (tertiary/aromatic N) is 2. The fourth-order valence-electron chi connectivity index (χ4n) is 4.32. The zero-order chi connectivity index (χ0) is 27.7. The van der Waals surface area contributed by atoms with E-state index in [1.807, 2.05) is 30.3 Å². The van der Waals surface area contributed by atoms with Crippen molar-refractivity contribution in [2.24, 2.45) is 4.99 Å². The summed E-state index contributed by atoms with van der Waals surface area (Å²) in [6.45, 7) is 4.94. The SMILES string of the molecule is CCOC(=O)C1=C(C)N=c2s/c(=C\c3ccc(-c4ccc(Br)cc4)o3)c(=O)n2[C@H]1c1ccc(OC(C)=O)cc1. The van der Waals surface area contributed by atoms with Crippen molar-refractivity contribution in [2.45, 2.75) is 26.8 Å². The number of halogens is 1. The predicted molar refractivity (Wildman–Crippen MR) is 150 cm³/mol. The van der Waals surface area contributed by atoms with Crippen LogP contribution in [0.1, 0.15) is 38.1 Å². The maximum absolute atomic E-state index is 13.8. The van der Waals surface area contributed by atoms with Crippen LogP contribution in [0.4, 0.5) is 0 Å². The van der Waals surface area contributed by atoms with E-state index >= 15 is 0 Å². The third-order valence-electron chi connectivity index (χ3n) is 6.00. The fourth-order valence-corrected chi connectivity index (χ4v) is 5.61. The summed E-state index contributed by atoms with van der Waals surface area (Å²) in [5, 5.41) is 0. The first-order valence-electron chi connectivity index (χ1n) is 12.1. The summed E-state index contributed by atoms with van der Waals surface area (Å²) in [5.41, 5.74) is 1.97. The van der Waals surface area contributed by atoms with Gasteiger partial charge in [0, 0.05) is 23.0 Å². The van der Waals surface area contributed by atoms with Crippen molar-refractivity contribution in [3.63, 3.8) is 0 Å². The van der Waals surface area contributed by atoms with Crippen molar-refractivity contribution in [3.05, 3.63) is 107 Å². The number of ether oxygens (including phenoxy) is 2. The van der Waals surface area contributed by atoms with Gasteiger partial charge in [-0.2, -0.15) is 0 Å². The minimum atomic E-state index is -0.774. The van der Waals surface area contributed by atoms with Crippen molar-refractivity contribution in [3.8, 4) is 17.1 Å². The van der Waals surface area contributed by atoms with Crippen molar-refractivity contribution in [1.29, 1.82) is 0 Å². The van der Waals surface area contributed by atoms with Crippen LogP contribution in [-0.4, -0.2) is 23.1 Å². The van der Waals surface area contributed by atoms with Crippen LogP contribution < -0.4 is 19.6 Å². The maximum Gasteiger partial charge on any atom is 0.338 e. The highest BCUT2D eigenvalue weighted by Crippen LogP contribution is 2.32. The van der Waals surface area contributed by atoms with E-state index in [4.69, 9.17) is 13.9 Å². The Labute approximate surface area is 235 Å². The Hall–Kier alpha value is -4.02. The molecule has 0 radical (unpaired) electrons. The first-order valence-corrected chi connectivity index (χ1v) is 13.7. The van der Waals surface area contributed by atoms with Crippen LogP contribution in [0.25, 0.3) is 17.4 Å². The van der Waals surface area contributed by atoms with Crippen molar-refractivity contribution in [2.75, 3.05) is 6.61 Å². The Bertz CT molecular complexity index is 1780. The molecule has 0 N–H and O–H groups in total. The number of furan rings is 1. The standard InChI is InChI=1S/C29H23BrN2O6S/c1-4-36-28(35)25-16(2)31-29-32(26(25)19-7-11-21(12-8-19)37-17(3)33)27(34)24(39-29)15-22-13-14-23(38-22)18-5-9-20(30)10-6-18/h5-15,26H,4H2,1-3H3/b24-15-/t26-/m0/s1. The summed E-state index contributed by atoms with van der Waals surface area (Å²) >= 11 is 4.64. The van der Waals surface area contributed by atoms with Gasteiger partial charge < -0.3 is 13.9 Å². The van der Waals surface area contributed by atoms with Gasteiger partial charge in [0.1, 0.15) is 17.3 Å². The molecule has 2 aromatic carbocycles. The lowest BCUT2D eigenvalue weighted by Crippen LogP contribution is -2.39. The van der Waals surface area contributed by atoms with Gasteiger partial charge in [-0.15, -0.1) is 0 Å². The lowest BCUT2D eigenvalue weighted by molar-refractivity contribution is -0.139. The number of hydrogen-bond donors (Lipinski definition) is 0. The molecule has 10 heteroatoms. The first-order chi connectivity index (χ1) is 18.7. The number of hydrogen-bond acceptors (Lipinski definition) is 8. The average Bonchev–Trinajstić information content (AvgIpc) is 3.48. The maximum atomic E-state index is 13.8. The van der Waals surface area contributed by atoms with Gasteiger partial charge in [0.05, 0.1) is 28.5 Å². The highest BCUT2D eigenvalue weighted by Gasteiger charge is 2.33. The smallest absolute Gasteiger partial charge is 0.338 e. The fraction of sp³-hybridized carbons (Fsp3) is 0.172. The third-order valence-corrected chi connectivity index (χ3v) is 7.51. The quantitative estimate of drug-likeness (QED) is 0.232. The van der Waals surface area contributed by atoms with Crippen molar-refractivity contribution >= 4 is 45.3 Å². The molecule has 2 aromatic heterocycles. The zero-order valence-electron chi connectivity index (χ0n) is 21.3. The van der Waals surface area contributed by atoms with E-state index in [9.17, 15) is 14.4 Å². The number of thiazole rings is 1. The van der Waals surface area contributed by atoms with Gasteiger partial charge in [0.15, 0.2) is 4.80 Å². The molecule has 0 bridgehead atoms. The molecule has 0 saturated heterocycles. The van der Waals surface area contributed by atoms with Gasteiger partial charge in [0.25, 0.3) is 5.56 Å². The van der Waals surface area contributed by atoms with Crippen LogP contribution in [0.5, 0.6) is 5.75 Å². The summed E-state index contributed by atoms with van der Waals surface area (Å²) in [7, 11) is 0. The van der Waals surface area contributed by atoms with Crippen LogP contribution in [0.15, 0.2) is 90.6 Å². The number of allylic oxidation sites excluding steroid dienone is 1. The van der Waals surface area contributed by atoms with Crippen LogP contribution in [0.3, 0.4) is 0 Å². The number of carbonyl (C=O) groups is 2. The molecule has 0 fully saturated rings. The Balaban J connectivity index is 1.61. The Morgan fingerprint density at radius 2 is 1.82 bits per heavy atom. The molecular formula is C29H23BrN2O6S. The second kappa shape index (κ2) is 11.0. The molecule has 5 rings (SSSR count). The van der Waals surface area contributed by atoms with E-state index < -0.39 is 18.0 Å². The molecule has 0 saturated carbocycles. The van der Waals surface area contributed by atoms with E-state index in [2.05, 4.69) is 20.9 Å². The molecule has 3 heterocycles. The van der Waals surface area contributed by atoms with Crippen LogP contribution >= 0.6 is 27.3 Å². The lowest BCUT2D eigenvalue weighted by atomic mass is 9.96. The largest absolute Gasteiger partial charge is 0.463 e. The molecule has 0 aliphatic carbocycles.